The molecule has 0 N–H and O–H groups in total. The Bertz CT molecular complexity index is 251. The van der Waals surface area contributed by atoms with Gasteiger partial charge < -0.3 is 4.74 Å². The summed E-state index contributed by atoms with van der Waals surface area (Å²) in [5, 5.41) is 0. The van der Waals surface area contributed by atoms with Crippen molar-refractivity contribution in [1.29, 1.82) is 0 Å². The fourth-order valence-corrected chi connectivity index (χ4v) is 0.766. The Balaban J connectivity index is 0.00000144. The molecule has 0 amide bonds. The normalized spacial score (nSPS) is 8.38. The van der Waals surface area contributed by atoms with Crippen molar-refractivity contribution in [2.45, 2.75) is 6.92 Å². The van der Waals surface area contributed by atoms with Crippen molar-refractivity contribution in [3.05, 3.63) is 36.5 Å². The molecular formula is C9H10LiNO2. The molecule has 0 bridgehead atoms. The monoisotopic (exact) mass is 171 g/mol. The van der Waals surface area contributed by atoms with Gasteiger partial charge in [-0.3, -0.25) is 9.78 Å². The van der Waals surface area contributed by atoms with E-state index in [4.69, 9.17) is 4.74 Å². The fourth-order valence-electron chi connectivity index (χ4n) is 0.766. The maximum Gasteiger partial charge on any atom is 1.00 e. The molecule has 1 aromatic rings. The Morgan fingerprint density at radius 1 is 1.62 bits per heavy atom. The SMILES string of the molecule is CCOC(=O)[CH-]c1ccccn1.[Li+]. The van der Waals surface area contributed by atoms with E-state index in [2.05, 4.69) is 4.98 Å². The summed E-state index contributed by atoms with van der Waals surface area (Å²) in [6, 6.07) is 5.36. The second-order valence-corrected chi connectivity index (χ2v) is 2.15. The quantitative estimate of drug-likeness (QED) is 0.306. The van der Waals surface area contributed by atoms with E-state index >= 15 is 0 Å². The van der Waals surface area contributed by atoms with Crippen LogP contribution in [0.2, 0.25) is 0 Å². The van der Waals surface area contributed by atoms with Crippen molar-refractivity contribution in [1.82, 2.24) is 4.98 Å². The fraction of sp³-hybridized carbons (Fsp3) is 0.222. The van der Waals surface area contributed by atoms with Crippen molar-refractivity contribution in [3.63, 3.8) is 0 Å². The number of carbonyl (C=O) groups is 1. The second kappa shape index (κ2) is 6.59. The molecule has 0 aliphatic carbocycles. The molecule has 1 rings (SSSR count). The summed E-state index contributed by atoms with van der Waals surface area (Å²) < 4.78 is 4.71. The molecule has 0 atom stereocenters. The molecule has 13 heavy (non-hydrogen) atoms. The Morgan fingerprint density at radius 2 is 2.38 bits per heavy atom. The van der Waals surface area contributed by atoms with Gasteiger partial charge in [0, 0.05) is 6.20 Å². The van der Waals surface area contributed by atoms with Crippen molar-refractivity contribution < 1.29 is 28.4 Å². The van der Waals surface area contributed by atoms with Crippen LogP contribution in [-0.4, -0.2) is 17.6 Å². The minimum absolute atomic E-state index is 0. The van der Waals surface area contributed by atoms with Crippen molar-refractivity contribution in [2.24, 2.45) is 0 Å². The summed E-state index contributed by atoms with van der Waals surface area (Å²) in [5.74, 6) is -0.351. The maximum absolute atomic E-state index is 10.9. The third-order valence-corrected chi connectivity index (χ3v) is 1.24. The van der Waals surface area contributed by atoms with Gasteiger partial charge in [-0.2, -0.15) is 6.07 Å². The Labute approximate surface area is 89.7 Å². The minimum Gasteiger partial charge on any atom is -0.476 e. The second-order valence-electron chi connectivity index (χ2n) is 2.15. The molecule has 0 spiro atoms. The van der Waals surface area contributed by atoms with Crippen molar-refractivity contribution in [2.75, 3.05) is 6.61 Å². The van der Waals surface area contributed by atoms with Crippen LogP contribution in [0.1, 0.15) is 12.6 Å². The molecule has 64 valence electrons. The molecular weight excluding hydrogens is 161 g/mol. The van der Waals surface area contributed by atoms with Gasteiger partial charge in [-0.1, -0.05) is 11.8 Å². The van der Waals surface area contributed by atoms with Crippen LogP contribution < -0.4 is 18.9 Å². The van der Waals surface area contributed by atoms with Gasteiger partial charge in [-0.25, -0.2) is 0 Å². The van der Waals surface area contributed by atoms with Gasteiger partial charge in [0.05, 0.1) is 6.61 Å². The topological polar surface area (TPSA) is 39.2 Å². The van der Waals surface area contributed by atoms with Gasteiger partial charge in [-0.05, 0) is 6.92 Å². The summed E-state index contributed by atoms with van der Waals surface area (Å²) in [7, 11) is 0. The number of nitrogens with zero attached hydrogens (tertiary/aromatic N) is 1. The first-order valence-electron chi connectivity index (χ1n) is 3.75. The van der Waals surface area contributed by atoms with Crippen molar-refractivity contribution in [3.8, 4) is 0 Å². The van der Waals surface area contributed by atoms with Gasteiger partial charge >= 0.3 is 18.9 Å². The zero-order valence-electron chi connectivity index (χ0n) is 7.86. The van der Waals surface area contributed by atoms with Crippen molar-refractivity contribution >= 4 is 5.97 Å². The number of pyridine rings is 1. The van der Waals surface area contributed by atoms with Gasteiger partial charge in [0.1, 0.15) is 0 Å². The number of hydrogen-bond acceptors (Lipinski definition) is 3. The van der Waals surface area contributed by atoms with Crippen LogP contribution in [0.25, 0.3) is 0 Å². The molecule has 3 nitrogen and oxygen atoms in total. The number of aromatic nitrogens is 1. The largest absolute Gasteiger partial charge is 1.00 e. The van der Waals surface area contributed by atoms with E-state index in [-0.39, 0.29) is 24.8 Å². The predicted molar refractivity (Wildman–Crippen MR) is 44.3 cm³/mol. The number of carbonyl (C=O) groups excluding carboxylic acids is 1. The first kappa shape index (κ1) is 12.1. The summed E-state index contributed by atoms with van der Waals surface area (Å²) in [4.78, 5) is 14.8. The van der Waals surface area contributed by atoms with Crippen LogP contribution in [-0.2, 0) is 9.53 Å². The van der Waals surface area contributed by atoms with E-state index in [1.54, 1.807) is 25.3 Å². The summed E-state index contributed by atoms with van der Waals surface area (Å²) in [6.07, 6.45) is 2.99. The average molecular weight is 171 g/mol. The van der Waals surface area contributed by atoms with Crippen LogP contribution in [0.3, 0.4) is 0 Å². The number of esters is 1. The Morgan fingerprint density at radius 3 is 2.92 bits per heavy atom. The molecule has 0 unspecified atom stereocenters. The van der Waals surface area contributed by atoms with Crippen LogP contribution >= 0.6 is 0 Å². The van der Waals surface area contributed by atoms with E-state index in [0.717, 1.165) is 0 Å². The molecule has 0 saturated carbocycles. The maximum atomic E-state index is 10.9. The molecule has 0 aliphatic rings. The van der Waals surface area contributed by atoms with Gasteiger partial charge in [0.2, 0.25) is 5.97 Å². The van der Waals surface area contributed by atoms with Gasteiger partial charge in [0.15, 0.2) is 0 Å². The molecule has 0 fully saturated rings. The summed E-state index contributed by atoms with van der Waals surface area (Å²) in [5.41, 5.74) is 0.621. The molecule has 0 aromatic carbocycles. The van der Waals surface area contributed by atoms with E-state index in [9.17, 15) is 4.79 Å². The molecule has 0 aliphatic heterocycles. The van der Waals surface area contributed by atoms with E-state index in [1.165, 1.54) is 6.42 Å². The van der Waals surface area contributed by atoms with Gasteiger partial charge in [-0.15, -0.1) is 12.5 Å². The molecule has 4 heteroatoms. The summed E-state index contributed by atoms with van der Waals surface area (Å²) in [6.45, 7) is 2.16. The summed E-state index contributed by atoms with van der Waals surface area (Å²) >= 11 is 0. The van der Waals surface area contributed by atoms with Crippen LogP contribution in [0.4, 0.5) is 0 Å². The zero-order chi connectivity index (χ0) is 8.81. The zero-order valence-corrected chi connectivity index (χ0v) is 7.86. The first-order chi connectivity index (χ1) is 5.83. The van der Waals surface area contributed by atoms with E-state index in [0.29, 0.717) is 12.3 Å². The molecule has 0 saturated heterocycles. The Kier molecular flexibility index (Phi) is 6.12. The first-order valence-corrected chi connectivity index (χ1v) is 3.75. The predicted octanol–water partition coefficient (Wildman–Crippen LogP) is -1.80. The van der Waals surface area contributed by atoms with Crippen LogP contribution in [0.15, 0.2) is 24.4 Å². The third kappa shape index (κ3) is 4.61. The molecule has 1 aromatic heterocycles. The average Bonchev–Trinajstić information content (AvgIpc) is 2.06. The van der Waals surface area contributed by atoms with Crippen LogP contribution in [0, 0.1) is 6.42 Å². The van der Waals surface area contributed by atoms with E-state index < -0.39 is 0 Å². The minimum atomic E-state index is -0.351. The van der Waals surface area contributed by atoms with E-state index in [1.807, 2.05) is 6.07 Å². The number of rotatable bonds is 3. The Hall–Kier alpha value is -0.913. The standard InChI is InChI=1S/C9H10NO2.Li/c1-2-12-9(11)7-8-5-3-4-6-10-8;/h3-7H,2H2,1H3;/q-1;+1. The number of ether oxygens (including phenoxy) is 1. The molecule has 1 heterocycles. The smallest absolute Gasteiger partial charge is 0.476 e. The molecule has 0 radical (unpaired) electrons. The van der Waals surface area contributed by atoms with Crippen LogP contribution in [0.5, 0.6) is 0 Å². The number of hydrogen-bond donors (Lipinski definition) is 0. The third-order valence-electron chi connectivity index (χ3n) is 1.24. The van der Waals surface area contributed by atoms with Gasteiger partial charge in [0.25, 0.3) is 0 Å².